The molecule has 1 heterocycles. The van der Waals surface area contributed by atoms with Gasteiger partial charge in [-0.3, -0.25) is 4.90 Å². The van der Waals surface area contributed by atoms with Gasteiger partial charge >= 0.3 is 12.0 Å². The Bertz CT molecular complexity index is 494. The Kier molecular flexibility index (Phi) is 4.36. The molecule has 1 fully saturated rings. The van der Waals surface area contributed by atoms with Gasteiger partial charge in [0, 0.05) is 15.9 Å². The van der Waals surface area contributed by atoms with Crippen LogP contribution in [0.4, 0.5) is 10.5 Å². The monoisotopic (exact) mass is 344 g/mol. The van der Waals surface area contributed by atoms with Crippen molar-refractivity contribution in [3.8, 4) is 0 Å². The van der Waals surface area contributed by atoms with Crippen LogP contribution < -0.4 is 5.32 Å². The minimum atomic E-state index is -0.970. The van der Waals surface area contributed by atoms with Crippen LogP contribution in [0.15, 0.2) is 28.7 Å². The number of amides is 2. The van der Waals surface area contributed by atoms with E-state index in [-0.39, 0.29) is 11.4 Å². The maximum Gasteiger partial charge on any atom is 0.327 e. The molecule has 2 rings (SSSR count). The Morgan fingerprint density at radius 2 is 2.05 bits per heavy atom. The fraction of sp³-hybridized carbons (Fsp3) is 0.333. The van der Waals surface area contributed by atoms with Crippen molar-refractivity contribution < 1.29 is 14.7 Å². The topological polar surface area (TPSA) is 69.6 Å². The molecule has 2 atom stereocenters. The highest BCUT2D eigenvalue weighted by atomic mass is 79.9. The number of urea groups is 1. The summed E-state index contributed by atoms with van der Waals surface area (Å²) in [6.45, 7) is 1.83. The van der Waals surface area contributed by atoms with E-state index in [1.807, 2.05) is 19.1 Å². The number of nitrogens with zero attached hydrogens (tertiary/aromatic N) is 1. The predicted molar refractivity (Wildman–Crippen MR) is 78.3 cm³/mol. The molecule has 1 saturated heterocycles. The van der Waals surface area contributed by atoms with Gasteiger partial charge < -0.3 is 10.4 Å². The maximum atomic E-state index is 12.2. The summed E-state index contributed by atoms with van der Waals surface area (Å²) in [6, 6.07) is 5.98. The zero-order valence-corrected chi connectivity index (χ0v) is 12.6. The molecule has 7 heteroatoms. The van der Waals surface area contributed by atoms with E-state index >= 15 is 0 Å². The second-order valence-electron chi connectivity index (χ2n) is 4.13. The van der Waals surface area contributed by atoms with E-state index in [0.717, 1.165) is 4.47 Å². The predicted octanol–water partition coefficient (Wildman–Crippen LogP) is 2.83. The van der Waals surface area contributed by atoms with E-state index in [1.165, 1.54) is 16.7 Å². The molecule has 0 aliphatic carbocycles. The Hall–Kier alpha value is -1.21. The average molecular weight is 345 g/mol. The van der Waals surface area contributed by atoms with Crippen molar-refractivity contribution in [1.82, 2.24) is 4.90 Å². The van der Waals surface area contributed by atoms with Crippen LogP contribution in [0, 0.1) is 0 Å². The summed E-state index contributed by atoms with van der Waals surface area (Å²) in [5.74, 6) is -0.549. The van der Waals surface area contributed by atoms with Gasteiger partial charge in [0.25, 0.3) is 0 Å². The minimum absolute atomic E-state index is 0.142. The molecule has 2 unspecified atom stereocenters. The van der Waals surface area contributed by atoms with Crippen molar-refractivity contribution in [2.24, 2.45) is 0 Å². The third kappa shape index (κ3) is 3.22. The third-order valence-electron chi connectivity index (χ3n) is 2.84. The van der Waals surface area contributed by atoms with Crippen molar-refractivity contribution in [2.75, 3.05) is 11.1 Å². The van der Waals surface area contributed by atoms with E-state index in [4.69, 9.17) is 5.11 Å². The normalized spacial score (nSPS) is 22.3. The first-order valence-electron chi connectivity index (χ1n) is 5.68. The second-order valence-corrected chi connectivity index (χ2v) is 6.40. The van der Waals surface area contributed by atoms with Crippen LogP contribution in [0.2, 0.25) is 0 Å². The highest BCUT2D eigenvalue weighted by Gasteiger charge is 2.39. The summed E-state index contributed by atoms with van der Waals surface area (Å²) in [5, 5.41) is 11.7. The molecule has 1 aliphatic heterocycles. The molecule has 1 aromatic carbocycles. The molecule has 0 saturated carbocycles. The van der Waals surface area contributed by atoms with E-state index in [1.54, 1.807) is 12.1 Å². The highest BCUT2D eigenvalue weighted by molar-refractivity contribution is 9.10. The lowest BCUT2D eigenvalue weighted by molar-refractivity contribution is -0.141. The van der Waals surface area contributed by atoms with Crippen molar-refractivity contribution in [3.63, 3.8) is 0 Å². The molecule has 0 radical (unpaired) electrons. The SMILES string of the molecule is CC1SCC(C(=O)O)N1C(=O)Nc1ccc(Br)cc1. The zero-order valence-electron chi connectivity index (χ0n) is 10.2. The fourth-order valence-electron chi connectivity index (χ4n) is 1.86. The van der Waals surface area contributed by atoms with Gasteiger partial charge in [-0.05, 0) is 31.2 Å². The number of aliphatic carboxylic acids is 1. The van der Waals surface area contributed by atoms with Crippen molar-refractivity contribution in [3.05, 3.63) is 28.7 Å². The van der Waals surface area contributed by atoms with Gasteiger partial charge in [0.1, 0.15) is 6.04 Å². The molecule has 0 spiro atoms. The summed E-state index contributed by atoms with van der Waals surface area (Å²) in [4.78, 5) is 24.6. The number of thioether (sulfide) groups is 1. The average Bonchev–Trinajstić information content (AvgIpc) is 2.74. The molecule has 1 aromatic rings. The van der Waals surface area contributed by atoms with Crippen LogP contribution in [-0.4, -0.2) is 39.2 Å². The second kappa shape index (κ2) is 5.83. The molecule has 0 bridgehead atoms. The number of hydrogen-bond donors (Lipinski definition) is 2. The molecule has 102 valence electrons. The van der Waals surface area contributed by atoms with E-state index in [0.29, 0.717) is 11.4 Å². The van der Waals surface area contributed by atoms with Crippen LogP contribution in [0.5, 0.6) is 0 Å². The number of carbonyl (C=O) groups excluding carboxylic acids is 1. The Labute approximate surface area is 123 Å². The van der Waals surface area contributed by atoms with Gasteiger partial charge in [0.2, 0.25) is 0 Å². The molecule has 1 aliphatic rings. The summed E-state index contributed by atoms with van der Waals surface area (Å²) in [7, 11) is 0. The van der Waals surface area contributed by atoms with Gasteiger partial charge in [0.05, 0.1) is 5.37 Å². The van der Waals surface area contributed by atoms with Gasteiger partial charge in [0.15, 0.2) is 0 Å². The van der Waals surface area contributed by atoms with Crippen LogP contribution in [0.1, 0.15) is 6.92 Å². The number of carbonyl (C=O) groups is 2. The highest BCUT2D eigenvalue weighted by Crippen LogP contribution is 2.29. The number of nitrogens with one attached hydrogen (secondary N) is 1. The lowest BCUT2D eigenvalue weighted by Gasteiger charge is -2.25. The number of carboxylic acid groups (broad SMARTS) is 1. The minimum Gasteiger partial charge on any atom is -0.480 e. The molecule has 19 heavy (non-hydrogen) atoms. The molecular weight excluding hydrogens is 332 g/mol. The number of halogens is 1. The number of carboxylic acids is 1. The van der Waals surface area contributed by atoms with Crippen LogP contribution in [-0.2, 0) is 4.79 Å². The van der Waals surface area contributed by atoms with Crippen LogP contribution in [0.3, 0.4) is 0 Å². The quantitative estimate of drug-likeness (QED) is 0.865. The summed E-state index contributed by atoms with van der Waals surface area (Å²) in [6.07, 6.45) is 0. The lowest BCUT2D eigenvalue weighted by Crippen LogP contribution is -2.46. The first-order valence-corrected chi connectivity index (χ1v) is 7.52. The largest absolute Gasteiger partial charge is 0.480 e. The van der Waals surface area contributed by atoms with Crippen LogP contribution in [0.25, 0.3) is 0 Å². The van der Waals surface area contributed by atoms with Gasteiger partial charge in [-0.2, -0.15) is 0 Å². The first-order chi connectivity index (χ1) is 8.99. The summed E-state index contributed by atoms with van der Waals surface area (Å²) in [5.41, 5.74) is 0.640. The number of anilines is 1. The van der Waals surface area contributed by atoms with Gasteiger partial charge in [-0.15, -0.1) is 11.8 Å². The Balaban J connectivity index is 2.10. The Morgan fingerprint density at radius 3 is 2.63 bits per heavy atom. The first kappa shape index (κ1) is 14.2. The van der Waals surface area contributed by atoms with Gasteiger partial charge in [-0.1, -0.05) is 15.9 Å². The standard InChI is InChI=1S/C12H13BrN2O3S/c1-7-15(10(6-19-7)11(16)17)12(18)14-9-4-2-8(13)3-5-9/h2-5,7,10H,6H2,1H3,(H,14,18)(H,16,17). The van der Waals surface area contributed by atoms with Gasteiger partial charge in [-0.25, -0.2) is 9.59 Å². The van der Waals surface area contributed by atoms with Crippen molar-refractivity contribution in [2.45, 2.75) is 18.3 Å². The van der Waals surface area contributed by atoms with E-state index in [9.17, 15) is 9.59 Å². The van der Waals surface area contributed by atoms with Crippen molar-refractivity contribution in [1.29, 1.82) is 0 Å². The molecule has 0 aromatic heterocycles. The van der Waals surface area contributed by atoms with Crippen molar-refractivity contribution >= 4 is 45.4 Å². The number of benzene rings is 1. The Morgan fingerprint density at radius 1 is 1.42 bits per heavy atom. The van der Waals surface area contributed by atoms with Crippen LogP contribution >= 0.6 is 27.7 Å². The number of rotatable bonds is 2. The summed E-state index contributed by atoms with van der Waals surface area (Å²) >= 11 is 4.77. The molecule has 2 N–H and O–H groups in total. The molecular formula is C12H13BrN2O3S. The smallest absolute Gasteiger partial charge is 0.327 e. The third-order valence-corrected chi connectivity index (χ3v) is 4.58. The number of hydrogen-bond acceptors (Lipinski definition) is 3. The van der Waals surface area contributed by atoms with E-state index < -0.39 is 12.0 Å². The maximum absolute atomic E-state index is 12.2. The summed E-state index contributed by atoms with van der Waals surface area (Å²) < 4.78 is 0.916. The lowest BCUT2D eigenvalue weighted by atomic mass is 10.3. The zero-order chi connectivity index (χ0) is 14.0. The van der Waals surface area contributed by atoms with E-state index in [2.05, 4.69) is 21.2 Å². The fourth-order valence-corrected chi connectivity index (χ4v) is 3.29. The molecule has 2 amide bonds. The molecule has 5 nitrogen and oxygen atoms in total.